The van der Waals surface area contributed by atoms with E-state index in [1.54, 1.807) is 12.1 Å². The Labute approximate surface area is 118 Å². The Bertz CT molecular complexity index is 478. The van der Waals surface area contributed by atoms with Gasteiger partial charge in [-0.15, -0.1) is 0 Å². The number of aliphatic hydroxyl groups is 1. The third kappa shape index (κ3) is 3.26. The van der Waals surface area contributed by atoms with Gasteiger partial charge >= 0.3 is 0 Å². The first-order chi connectivity index (χ1) is 9.65. The van der Waals surface area contributed by atoms with Crippen LogP contribution >= 0.6 is 0 Å². The molecule has 1 atom stereocenters. The predicted octanol–water partition coefficient (Wildman–Crippen LogP) is 1.95. The van der Waals surface area contributed by atoms with Crippen LogP contribution in [0.4, 0.5) is 11.4 Å². The van der Waals surface area contributed by atoms with Gasteiger partial charge in [-0.2, -0.15) is 0 Å². The summed E-state index contributed by atoms with van der Waals surface area (Å²) in [6, 6.07) is 4.77. The zero-order valence-corrected chi connectivity index (χ0v) is 11.6. The van der Waals surface area contributed by atoms with Gasteiger partial charge in [-0.25, -0.2) is 0 Å². The summed E-state index contributed by atoms with van der Waals surface area (Å²) in [5, 5.41) is 20.3. The number of benzene rings is 1. The Hall–Kier alpha value is -1.66. The average molecular weight is 280 g/mol. The second kappa shape index (κ2) is 6.67. The summed E-state index contributed by atoms with van der Waals surface area (Å²) in [6.07, 6.45) is 0.973. The third-order valence-corrected chi connectivity index (χ3v) is 3.60. The van der Waals surface area contributed by atoms with Crippen LogP contribution in [0.25, 0.3) is 0 Å². The Kier molecular flexibility index (Phi) is 4.92. The van der Waals surface area contributed by atoms with Gasteiger partial charge in [-0.3, -0.25) is 10.1 Å². The second-order valence-electron chi connectivity index (χ2n) is 5.00. The molecule has 1 aromatic carbocycles. The summed E-state index contributed by atoms with van der Waals surface area (Å²) >= 11 is 0. The SMILES string of the molecule is CCOCC1CCN(c2cc(CO)ccc2[N+](=O)[O-])C1. The summed E-state index contributed by atoms with van der Waals surface area (Å²) < 4.78 is 5.42. The maximum atomic E-state index is 11.1. The minimum Gasteiger partial charge on any atom is -0.392 e. The minimum absolute atomic E-state index is 0.0965. The van der Waals surface area contributed by atoms with Crippen molar-refractivity contribution in [3.63, 3.8) is 0 Å². The molecule has 2 rings (SSSR count). The van der Waals surface area contributed by atoms with Gasteiger partial charge in [0.05, 0.1) is 18.1 Å². The van der Waals surface area contributed by atoms with Gasteiger partial charge in [0.2, 0.25) is 0 Å². The molecule has 6 heteroatoms. The molecule has 1 heterocycles. The topological polar surface area (TPSA) is 75.8 Å². The Balaban J connectivity index is 2.17. The highest BCUT2D eigenvalue weighted by atomic mass is 16.6. The fraction of sp³-hybridized carbons (Fsp3) is 0.571. The smallest absolute Gasteiger partial charge is 0.292 e. The standard InChI is InChI=1S/C14H20N2O4/c1-2-20-10-12-5-6-15(8-12)14-7-11(9-17)3-4-13(14)16(18)19/h3-4,7,12,17H,2,5-6,8-10H2,1H3. The zero-order chi connectivity index (χ0) is 14.5. The van der Waals surface area contributed by atoms with Crippen LogP contribution in [-0.2, 0) is 11.3 Å². The van der Waals surface area contributed by atoms with Crippen LogP contribution in [0.3, 0.4) is 0 Å². The highest BCUT2D eigenvalue weighted by Crippen LogP contribution is 2.33. The molecule has 0 spiro atoms. The largest absolute Gasteiger partial charge is 0.392 e. The first-order valence-corrected chi connectivity index (χ1v) is 6.86. The molecule has 1 aliphatic heterocycles. The molecule has 0 bridgehead atoms. The van der Waals surface area contributed by atoms with Crippen LogP contribution < -0.4 is 4.90 Å². The molecule has 0 aromatic heterocycles. The van der Waals surface area contributed by atoms with Crippen molar-refractivity contribution in [1.82, 2.24) is 0 Å². The molecule has 1 aromatic rings. The molecule has 1 aliphatic rings. The van der Waals surface area contributed by atoms with Crippen LogP contribution in [0, 0.1) is 16.0 Å². The van der Waals surface area contributed by atoms with Gasteiger partial charge in [0.25, 0.3) is 5.69 Å². The lowest BCUT2D eigenvalue weighted by Crippen LogP contribution is -2.22. The number of nitro groups is 1. The molecule has 20 heavy (non-hydrogen) atoms. The molecule has 110 valence electrons. The van der Waals surface area contributed by atoms with Crippen molar-refractivity contribution in [2.45, 2.75) is 20.0 Å². The van der Waals surface area contributed by atoms with Crippen molar-refractivity contribution in [2.24, 2.45) is 5.92 Å². The van der Waals surface area contributed by atoms with E-state index >= 15 is 0 Å². The molecular weight excluding hydrogens is 260 g/mol. The molecule has 6 nitrogen and oxygen atoms in total. The molecule has 0 aliphatic carbocycles. The van der Waals surface area contributed by atoms with E-state index in [1.165, 1.54) is 6.07 Å². The maximum absolute atomic E-state index is 11.1. The van der Waals surface area contributed by atoms with Gasteiger partial charge in [-0.1, -0.05) is 0 Å². The van der Waals surface area contributed by atoms with E-state index in [1.807, 2.05) is 11.8 Å². The molecule has 0 amide bonds. The van der Waals surface area contributed by atoms with Crippen molar-refractivity contribution in [3.05, 3.63) is 33.9 Å². The van der Waals surface area contributed by atoms with Crippen molar-refractivity contribution in [1.29, 1.82) is 0 Å². The summed E-state index contributed by atoms with van der Waals surface area (Å²) in [4.78, 5) is 12.8. The Morgan fingerprint density at radius 3 is 3.00 bits per heavy atom. The third-order valence-electron chi connectivity index (χ3n) is 3.60. The van der Waals surface area contributed by atoms with Crippen LogP contribution in [-0.4, -0.2) is 36.3 Å². The number of hydrogen-bond donors (Lipinski definition) is 1. The van der Waals surface area contributed by atoms with E-state index in [0.717, 1.165) is 19.5 Å². The first-order valence-electron chi connectivity index (χ1n) is 6.86. The number of nitrogens with zero attached hydrogens (tertiary/aromatic N) is 2. The predicted molar refractivity (Wildman–Crippen MR) is 75.8 cm³/mol. The van der Waals surface area contributed by atoms with Gasteiger partial charge in [-0.05, 0) is 31.0 Å². The summed E-state index contributed by atoms with van der Waals surface area (Å²) in [5.41, 5.74) is 1.39. The van der Waals surface area contributed by atoms with E-state index < -0.39 is 0 Å². The maximum Gasteiger partial charge on any atom is 0.292 e. The van der Waals surface area contributed by atoms with Gasteiger partial charge in [0.1, 0.15) is 5.69 Å². The number of hydrogen-bond acceptors (Lipinski definition) is 5. The summed E-state index contributed by atoms with van der Waals surface area (Å²) in [7, 11) is 0. The molecular formula is C14H20N2O4. The highest BCUT2D eigenvalue weighted by Gasteiger charge is 2.27. The number of aliphatic hydroxyl groups excluding tert-OH is 1. The minimum atomic E-state index is -0.369. The molecule has 0 saturated carbocycles. The first kappa shape index (κ1) is 14.7. The van der Waals surface area contributed by atoms with E-state index in [9.17, 15) is 15.2 Å². The lowest BCUT2D eigenvalue weighted by Gasteiger charge is -2.19. The zero-order valence-electron chi connectivity index (χ0n) is 11.6. The molecule has 0 radical (unpaired) electrons. The highest BCUT2D eigenvalue weighted by molar-refractivity contribution is 5.65. The van der Waals surface area contributed by atoms with Crippen LogP contribution in [0.2, 0.25) is 0 Å². The van der Waals surface area contributed by atoms with E-state index in [2.05, 4.69) is 0 Å². The Morgan fingerprint density at radius 2 is 2.35 bits per heavy atom. The quantitative estimate of drug-likeness (QED) is 0.636. The van der Waals surface area contributed by atoms with Crippen molar-refractivity contribution in [2.75, 3.05) is 31.2 Å². The Morgan fingerprint density at radius 1 is 1.55 bits per heavy atom. The normalized spacial score (nSPS) is 18.5. The van der Waals surface area contributed by atoms with Gasteiger partial charge in [0.15, 0.2) is 0 Å². The van der Waals surface area contributed by atoms with E-state index in [-0.39, 0.29) is 17.2 Å². The summed E-state index contributed by atoms with van der Waals surface area (Å²) in [5.74, 6) is 0.410. The fourth-order valence-electron chi connectivity index (χ4n) is 2.55. The van der Waals surface area contributed by atoms with Crippen LogP contribution in [0.1, 0.15) is 18.9 Å². The lowest BCUT2D eigenvalue weighted by atomic mass is 10.1. The van der Waals surface area contributed by atoms with E-state index in [0.29, 0.717) is 30.4 Å². The van der Waals surface area contributed by atoms with Crippen LogP contribution in [0.15, 0.2) is 18.2 Å². The molecule has 1 fully saturated rings. The van der Waals surface area contributed by atoms with Crippen molar-refractivity contribution >= 4 is 11.4 Å². The number of nitro benzene ring substituents is 1. The monoisotopic (exact) mass is 280 g/mol. The van der Waals surface area contributed by atoms with Gasteiger partial charge < -0.3 is 14.7 Å². The fourth-order valence-corrected chi connectivity index (χ4v) is 2.55. The number of rotatable bonds is 6. The molecule has 1 N–H and O–H groups in total. The second-order valence-corrected chi connectivity index (χ2v) is 5.00. The summed E-state index contributed by atoms with van der Waals surface area (Å²) in [6.45, 7) is 4.78. The molecule has 1 saturated heterocycles. The molecule has 1 unspecified atom stereocenters. The lowest BCUT2D eigenvalue weighted by molar-refractivity contribution is -0.384. The van der Waals surface area contributed by atoms with Gasteiger partial charge in [0, 0.05) is 31.7 Å². The number of anilines is 1. The van der Waals surface area contributed by atoms with Crippen molar-refractivity contribution < 1.29 is 14.8 Å². The van der Waals surface area contributed by atoms with Crippen LogP contribution in [0.5, 0.6) is 0 Å². The number of ether oxygens (including phenoxy) is 1. The average Bonchev–Trinajstić information content (AvgIpc) is 2.93. The van der Waals surface area contributed by atoms with E-state index in [4.69, 9.17) is 4.74 Å². The van der Waals surface area contributed by atoms with Crippen molar-refractivity contribution in [3.8, 4) is 0 Å².